The largest absolute Gasteiger partial charge is 0.506 e. The minimum atomic E-state index is -1.15. The number of allylic oxidation sites excluding steroid dienone is 1. The minimum Gasteiger partial charge on any atom is -0.506 e. The van der Waals surface area contributed by atoms with E-state index in [0.717, 1.165) is 0 Å². The van der Waals surface area contributed by atoms with Crippen LogP contribution in [0.5, 0.6) is 5.75 Å². The first-order chi connectivity index (χ1) is 17.0. The van der Waals surface area contributed by atoms with Crippen molar-refractivity contribution >= 4 is 39.5 Å². The summed E-state index contributed by atoms with van der Waals surface area (Å²) in [5.41, 5.74) is -0.888. The molecule has 2 aromatic carbocycles. The third-order valence-electron chi connectivity index (χ3n) is 6.81. The van der Waals surface area contributed by atoms with Crippen molar-refractivity contribution in [2.75, 3.05) is 0 Å². The quantitative estimate of drug-likeness (QED) is 0.233. The van der Waals surface area contributed by atoms with Crippen molar-refractivity contribution < 1.29 is 38.5 Å². The van der Waals surface area contributed by atoms with E-state index >= 15 is 0 Å². The van der Waals surface area contributed by atoms with E-state index in [0.29, 0.717) is 10.9 Å². The van der Waals surface area contributed by atoms with Gasteiger partial charge in [-0.3, -0.25) is 19.2 Å². The Morgan fingerprint density at radius 1 is 1.22 bits per heavy atom. The lowest BCUT2D eigenvalue weighted by Gasteiger charge is -2.26. The van der Waals surface area contributed by atoms with Gasteiger partial charge in [0, 0.05) is 25.0 Å². The molecule has 1 fully saturated rings. The molecular weight excluding hydrogens is 468 g/mol. The van der Waals surface area contributed by atoms with Gasteiger partial charge in [-0.1, -0.05) is 12.2 Å². The number of carbonyl (C=O) groups excluding carboxylic acids is 2. The van der Waals surface area contributed by atoms with Crippen LogP contribution >= 0.6 is 0 Å². The van der Waals surface area contributed by atoms with Crippen molar-refractivity contribution in [2.24, 2.45) is 0 Å². The molecule has 36 heavy (non-hydrogen) atoms. The number of aliphatic carboxylic acids is 1. The summed E-state index contributed by atoms with van der Waals surface area (Å²) < 4.78 is 17.3. The van der Waals surface area contributed by atoms with Gasteiger partial charge in [0.2, 0.25) is 0 Å². The van der Waals surface area contributed by atoms with Crippen LogP contribution in [0.25, 0.3) is 21.7 Å². The number of hydrogen-bond donors (Lipinski definition) is 2. The number of benzene rings is 2. The SMILES string of the molecule is C/C=C\C1OC1(C)c1cc(=O)c2c(CC(=O)O)cc3cc4c(c(O)c3c2o1)C(=O)CCC4OC(C)=O. The van der Waals surface area contributed by atoms with Crippen LogP contribution in [0.4, 0.5) is 0 Å². The average molecular weight is 492 g/mol. The standard InChI is InChI=1S/C27H24O9/c1-4-5-19-27(3,36-19)20-11-17(30)22-14(10-21(31)32)8-13-9-15-18(34-12(2)28)7-6-16(29)24(15)25(33)23(13)26(22)35-20/h4-5,8-9,11,18-19,33H,6-7,10H2,1-3H3,(H,31,32)/b5-4-. The topological polar surface area (TPSA) is 144 Å². The Balaban J connectivity index is 1.86. The molecule has 3 aromatic rings. The summed E-state index contributed by atoms with van der Waals surface area (Å²) >= 11 is 0. The maximum Gasteiger partial charge on any atom is 0.307 e. The number of carbonyl (C=O) groups is 3. The summed E-state index contributed by atoms with van der Waals surface area (Å²) in [6.07, 6.45) is 2.43. The molecule has 3 atom stereocenters. The molecule has 9 heteroatoms. The van der Waals surface area contributed by atoms with E-state index in [1.807, 2.05) is 19.1 Å². The Bertz CT molecular complexity index is 1560. The van der Waals surface area contributed by atoms with Gasteiger partial charge in [0.05, 0.1) is 22.8 Å². The van der Waals surface area contributed by atoms with Gasteiger partial charge in [0.15, 0.2) is 16.8 Å². The normalized spacial score (nSPS) is 23.2. The first-order valence-electron chi connectivity index (χ1n) is 11.6. The maximum absolute atomic E-state index is 13.3. The third kappa shape index (κ3) is 3.67. The lowest BCUT2D eigenvalue weighted by atomic mass is 9.84. The van der Waals surface area contributed by atoms with Crippen molar-refractivity contribution in [3.63, 3.8) is 0 Å². The molecule has 1 saturated heterocycles. The Labute approximate surface area is 204 Å². The second-order valence-corrected chi connectivity index (χ2v) is 9.30. The van der Waals surface area contributed by atoms with E-state index in [-0.39, 0.29) is 58.0 Å². The van der Waals surface area contributed by atoms with Crippen molar-refractivity contribution in [2.45, 2.75) is 57.8 Å². The lowest BCUT2D eigenvalue weighted by molar-refractivity contribution is -0.147. The monoisotopic (exact) mass is 492 g/mol. The zero-order valence-electron chi connectivity index (χ0n) is 19.9. The number of esters is 1. The van der Waals surface area contributed by atoms with Crippen molar-refractivity contribution in [1.82, 2.24) is 0 Å². The Morgan fingerprint density at radius 3 is 2.64 bits per heavy atom. The molecule has 2 heterocycles. The highest BCUT2D eigenvalue weighted by Gasteiger charge is 2.54. The summed E-state index contributed by atoms with van der Waals surface area (Å²) in [6, 6.07) is 4.36. The van der Waals surface area contributed by atoms with Crippen molar-refractivity contribution in [1.29, 1.82) is 0 Å². The first kappa shape index (κ1) is 23.7. The van der Waals surface area contributed by atoms with E-state index in [1.54, 1.807) is 13.0 Å². The first-order valence-corrected chi connectivity index (χ1v) is 11.6. The fourth-order valence-electron chi connectivity index (χ4n) is 5.08. The van der Waals surface area contributed by atoms with Gasteiger partial charge in [-0.2, -0.15) is 0 Å². The number of ether oxygens (including phenoxy) is 2. The number of aromatic hydroxyl groups is 1. The molecule has 1 aliphatic heterocycles. The van der Waals surface area contributed by atoms with Crippen LogP contribution in [0.2, 0.25) is 0 Å². The zero-order chi connectivity index (χ0) is 25.9. The molecule has 1 aromatic heterocycles. The second kappa shape index (κ2) is 8.30. The number of fused-ring (bicyclic) bond motifs is 4. The fraction of sp³-hybridized carbons (Fsp3) is 0.333. The van der Waals surface area contributed by atoms with Crippen molar-refractivity contribution in [3.05, 3.63) is 63.0 Å². The molecule has 0 bridgehead atoms. The number of phenols is 1. The third-order valence-corrected chi connectivity index (χ3v) is 6.81. The highest BCUT2D eigenvalue weighted by Crippen LogP contribution is 2.49. The number of epoxide rings is 1. The van der Waals surface area contributed by atoms with Gasteiger partial charge in [0.1, 0.15) is 29.3 Å². The predicted octanol–water partition coefficient (Wildman–Crippen LogP) is 4.05. The van der Waals surface area contributed by atoms with E-state index in [9.17, 15) is 29.4 Å². The predicted molar refractivity (Wildman–Crippen MR) is 128 cm³/mol. The summed E-state index contributed by atoms with van der Waals surface area (Å²) in [4.78, 5) is 49.4. The van der Waals surface area contributed by atoms with Crippen LogP contribution in [0.3, 0.4) is 0 Å². The molecule has 2 aliphatic rings. The smallest absolute Gasteiger partial charge is 0.307 e. The van der Waals surface area contributed by atoms with E-state index in [4.69, 9.17) is 13.9 Å². The molecule has 0 spiro atoms. The number of Topliss-reactive ketones (excluding diaryl/α,β-unsaturated/α-hetero) is 1. The molecular formula is C27H24O9. The highest BCUT2D eigenvalue weighted by atomic mass is 16.6. The van der Waals surface area contributed by atoms with Gasteiger partial charge in [-0.05, 0) is 43.4 Å². The molecule has 186 valence electrons. The number of phenolic OH excluding ortho intramolecular Hbond substituents is 1. The molecule has 2 N–H and O–H groups in total. The molecule has 0 amide bonds. The number of rotatable bonds is 5. The molecule has 0 saturated carbocycles. The van der Waals surface area contributed by atoms with Crippen LogP contribution in [0.15, 0.2) is 39.6 Å². The maximum atomic E-state index is 13.3. The molecule has 1 aliphatic carbocycles. The van der Waals surface area contributed by atoms with Crippen LogP contribution in [0.1, 0.15) is 67.0 Å². The summed E-state index contributed by atoms with van der Waals surface area (Å²) in [6.45, 7) is 4.86. The van der Waals surface area contributed by atoms with E-state index < -0.39 is 41.2 Å². The van der Waals surface area contributed by atoms with E-state index in [1.165, 1.54) is 19.1 Å². The number of carboxylic acids is 1. The zero-order valence-corrected chi connectivity index (χ0v) is 19.9. The van der Waals surface area contributed by atoms with Crippen molar-refractivity contribution in [3.8, 4) is 5.75 Å². The number of hydrogen-bond acceptors (Lipinski definition) is 8. The summed E-state index contributed by atoms with van der Waals surface area (Å²) in [5.74, 6) is -2.20. The van der Waals surface area contributed by atoms with Crippen LogP contribution in [0, 0.1) is 0 Å². The average Bonchev–Trinajstić information content (AvgIpc) is 3.45. The van der Waals surface area contributed by atoms with Gasteiger partial charge in [0.25, 0.3) is 0 Å². The molecule has 3 unspecified atom stereocenters. The summed E-state index contributed by atoms with van der Waals surface area (Å²) in [5, 5.41) is 21.3. The van der Waals surface area contributed by atoms with Gasteiger partial charge < -0.3 is 24.1 Å². The van der Waals surface area contributed by atoms with Crippen LogP contribution in [-0.4, -0.2) is 34.0 Å². The highest BCUT2D eigenvalue weighted by molar-refractivity contribution is 6.15. The van der Waals surface area contributed by atoms with Crippen LogP contribution < -0.4 is 5.43 Å². The van der Waals surface area contributed by atoms with Gasteiger partial charge in [-0.15, -0.1) is 0 Å². The van der Waals surface area contributed by atoms with Gasteiger partial charge in [-0.25, -0.2) is 0 Å². The molecule has 5 rings (SSSR count). The minimum absolute atomic E-state index is 0.000938. The van der Waals surface area contributed by atoms with Crippen LogP contribution in [-0.2, 0) is 31.1 Å². The number of carboxylic acid groups (broad SMARTS) is 1. The Hall–Kier alpha value is -3.98. The molecule has 9 nitrogen and oxygen atoms in total. The van der Waals surface area contributed by atoms with Gasteiger partial charge >= 0.3 is 11.9 Å². The Kier molecular flexibility index (Phi) is 5.48. The lowest BCUT2D eigenvalue weighted by Crippen LogP contribution is -2.20. The fourth-order valence-corrected chi connectivity index (χ4v) is 5.08. The van der Waals surface area contributed by atoms with E-state index in [2.05, 4.69) is 0 Å². The summed E-state index contributed by atoms with van der Waals surface area (Å²) in [7, 11) is 0. The number of ketones is 1. The molecule has 0 radical (unpaired) electrons. The second-order valence-electron chi connectivity index (χ2n) is 9.30. The Morgan fingerprint density at radius 2 is 1.97 bits per heavy atom.